The molecule has 4 aromatic rings. The Kier molecular flexibility index (Phi) is 2.92. The summed E-state index contributed by atoms with van der Waals surface area (Å²) in [6.07, 6.45) is 0. The van der Waals surface area contributed by atoms with Crippen molar-refractivity contribution in [3.05, 3.63) is 63.9 Å². The Balaban J connectivity index is 2.22. The number of aromatic nitrogens is 3. The minimum absolute atomic E-state index is 0.172. The van der Waals surface area contributed by atoms with Crippen molar-refractivity contribution in [2.45, 2.75) is 0 Å². The van der Waals surface area contributed by atoms with Gasteiger partial charge in [0.05, 0.1) is 11.2 Å². The third-order valence-corrected chi connectivity index (χ3v) is 4.25. The molecular weight excluding hydrogens is 312 g/mol. The number of nitrogen functional groups attached to an aromatic ring is 1. The van der Waals surface area contributed by atoms with Gasteiger partial charge >= 0.3 is 0 Å². The number of fused-ring (bicyclic) bond motifs is 3. The number of hydrogen-bond donors (Lipinski definition) is 1. The number of anilines is 1. The van der Waals surface area contributed by atoms with E-state index in [0.717, 1.165) is 16.6 Å². The molecule has 2 aromatic carbocycles. The summed E-state index contributed by atoms with van der Waals surface area (Å²) in [6.45, 7) is 0. The normalized spacial score (nSPS) is 11.4. The fourth-order valence-corrected chi connectivity index (χ4v) is 3.04. The quantitative estimate of drug-likeness (QED) is 0.585. The molecule has 6 heteroatoms. The number of nitrogens with zero attached hydrogens (tertiary/aromatic N) is 3. The molecule has 2 aromatic heterocycles. The van der Waals surface area contributed by atoms with Crippen molar-refractivity contribution in [1.82, 2.24) is 14.3 Å². The van der Waals surface area contributed by atoms with Crippen LogP contribution in [0.4, 0.5) is 5.82 Å². The topological polar surface area (TPSA) is 65.8 Å². The van der Waals surface area contributed by atoms with Crippen LogP contribution in [-0.2, 0) is 7.05 Å². The predicted molar refractivity (Wildman–Crippen MR) is 93.2 cm³/mol. The highest BCUT2D eigenvalue weighted by molar-refractivity contribution is 6.31. The molecule has 0 aliphatic rings. The van der Waals surface area contributed by atoms with E-state index in [2.05, 4.69) is 5.10 Å². The molecule has 0 amide bonds. The first-order chi connectivity index (χ1) is 11.1. The lowest BCUT2D eigenvalue weighted by Gasteiger charge is -2.05. The summed E-state index contributed by atoms with van der Waals surface area (Å²) >= 11 is 6.12. The SMILES string of the molecule is Cn1c(=O)c2c(N)n(-c3ccccc3)nc2c2cc(Cl)ccc21. The van der Waals surface area contributed by atoms with Crippen molar-refractivity contribution < 1.29 is 0 Å². The van der Waals surface area contributed by atoms with Gasteiger partial charge in [-0.2, -0.15) is 5.10 Å². The van der Waals surface area contributed by atoms with E-state index in [0.29, 0.717) is 21.7 Å². The lowest BCUT2D eigenvalue weighted by molar-refractivity contribution is 0.909. The number of rotatable bonds is 1. The molecule has 114 valence electrons. The molecule has 0 aliphatic carbocycles. The second-order valence-corrected chi connectivity index (χ2v) is 5.82. The fourth-order valence-electron chi connectivity index (χ4n) is 2.86. The van der Waals surface area contributed by atoms with E-state index in [1.54, 1.807) is 28.4 Å². The van der Waals surface area contributed by atoms with Crippen LogP contribution in [0.2, 0.25) is 5.02 Å². The maximum atomic E-state index is 12.7. The predicted octanol–water partition coefficient (Wildman–Crippen LogP) is 3.11. The Morgan fingerprint density at radius 2 is 1.87 bits per heavy atom. The number of nitrogens with two attached hydrogens (primary N) is 1. The van der Waals surface area contributed by atoms with Gasteiger partial charge in [0.1, 0.15) is 16.7 Å². The minimum Gasteiger partial charge on any atom is -0.383 e. The first-order valence-electron chi connectivity index (χ1n) is 7.10. The second-order valence-electron chi connectivity index (χ2n) is 5.38. The minimum atomic E-state index is -0.172. The summed E-state index contributed by atoms with van der Waals surface area (Å²) in [5.74, 6) is 0.327. The highest BCUT2D eigenvalue weighted by Crippen LogP contribution is 2.29. The Hall–Kier alpha value is -2.79. The van der Waals surface area contributed by atoms with Crippen LogP contribution >= 0.6 is 11.6 Å². The average molecular weight is 325 g/mol. The number of benzene rings is 2. The Labute approximate surface area is 136 Å². The lowest BCUT2D eigenvalue weighted by Crippen LogP contribution is -2.17. The molecule has 0 aliphatic heterocycles. The third kappa shape index (κ3) is 1.94. The van der Waals surface area contributed by atoms with Gasteiger partial charge in [0, 0.05) is 17.5 Å². The maximum Gasteiger partial charge on any atom is 0.264 e. The van der Waals surface area contributed by atoms with E-state index < -0.39 is 0 Å². The molecule has 23 heavy (non-hydrogen) atoms. The van der Waals surface area contributed by atoms with Crippen molar-refractivity contribution in [2.75, 3.05) is 5.73 Å². The fraction of sp³-hybridized carbons (Fsp3) is 0.0588. The Morgan fingerprint density at radius 1 is 1.13 bits per heavy atom. The van der Waals surface area contributed by atoms with Gasteiger partial charge in [-0.15, -0.1) is 0 Å². The van der Waals surface area contributed by atoms with Crippen molar-refractivity contribution >= 4 is 39.2 Å². The number of hydrogen-bond acceptors (Lipinski definition) is 3. The molecule has 0 saturated carbocycles. The van der Waals surface area contributed by atoms with E-state index in [1.807, 2.05) is 36.4 Å². The van der Waals surface area contributed by atoms with Gasteiger partial charge in [-0.05, 0) is 30.3 Å². The zero-order chi connectivity index (χ0) is 16.1. The van der Waals surface area contributed by atoms with E-state index >= 15 is 0 Å². The van der Waals surface area contributed by atoms with Crippen LogP contribution < -0.4 is 11.3 Å². The molecule has 0 fully saturated rings. The zero-order valence-corrected chi connectivity index (χ0v) is 13.1. The highest BCUT2D eigenvalue weighted by atomic mass is 35.5. The Morgan fingerprint density at radius 3 is 2.61 bits per heavy atom. The van der Waals surface area contributed by atoms with Crippen LogP contribution in [-0.4, -0.2) is 14.3 Å². The summed E-state index contributed by atoms with van der Waals surface area (Å²) < 4.78 is 3.16. The van der Waals surface area contributed by atoms with Crippen LogP contribution in [0.1, 0.15) is 0 Å². The smallest absolute Gasteiger partial charge is 0.264 e. The van der Waals surface area contributed by atoms with E-state index in [9.17, 15) is 4.79 Å². The monoisotopic (exact) mass is 324 g/mol. The summed E-state index contributed by atoms with van der Waals surface area (Å²) in [4.78, 5) is 12.7. The van der Waals surface area contributed by atoms with Crippen LogP contribution in [0.25, 0.3) is 27.5 Å². The maximum absolute atomic E-state index is 12.7. The van der Waals surface area contributed by atoms with Gasteiger partial charge in [-0.25, -0.2) is 4.68 Å². The van der Waals surface area contributed by atoms with E-state index in [4.69, 9.17) is 17.3 Å². The van der Waals surface area contributed by atoms with Crippen LogP contribution in [0, 0.1) is 0 Å². The van der Waals surface area contributed by atoms with Crippen molar-refractivity contribution in [3.63, 3.8) is 0 Å². The van der Waals surface area contributed by atoms with Crippen LogP contribution in [0.15, 0.2) is 53.3 Å². The van der Waals surface area contributed by atoms with Crippen molar-refractivity contribution in [3.8, 4) is 5.69 Å². The van der Waals surface area contributed by atoms with Gasteiger partial charge in [0.25, 0.3) is 5.56 Å². The van der Waals surface area contributed by atoms with Crippen molar-refractivity contribution in [1.29, 1.82) is 0 Å². The molecule has 2 N–H and O–H groups in total. The van der Waals surface area contributed by atoms with E-state index in [-0.39, 0.29) is 5.56 Å². The van der Waals surface area contributed by atoms with Gasteiger partial charge in [0.15, 0.2) is 0 Å². The molecule has 0 bridgehead atoms. The average Bonchev–Trinajstić information content (AvgIpc) is 2.91. The van der Waals surface area contributed by atoms with Gasteiger partial charge in [-0.3, -0.25) is 4.79 Å². The number of halogens is 1. The third-order valence-electron chi connectivity index (χ3n) is 4.02. The molecule has 5 nitrogen and oxygen atoms in total. The van der Waals surface area contributed by atoms with Crippen molar-refractivity contribution in [2.24, 2.45) is 7.05 Å². The molecule has 0 atom stereocenters. The molecule has 2 heterocycles. The van der Waals surface area contributed by atoms with Crippen LogP contribution in [0.3, 0.4) is 0 Å². The molecule has 4 rings (SSSR count). The molecule has 0 radical (unpaired) electrons. The van der Waals surface area contributed by atoms with E-state index in [1.165, 1.54) is 0 Å². The number of para-hydroxylation sites is 1. The van der Waals surface area contributed by atoms with Crippen LogP contribution in [0.5, 0.6) is 0 Å². The first kappa shape index (κ1) is 13.8. The van der Waals surface area contributed by atoms with Gasteiger partial charge in [0.2, 0.25) is 0 Å². The summed E-state index contributed by atoms with van der Waals surface area (Å²) in [5.41, 5.74) is 8.19. The molecular formula is C17H13ClN4O. The highest BCUT2D eigenvalue weighted by Gasteiger charge is 2.18. The van der Waals surface area contributed by atoms with Gasteiger partial charge < -0.3 is 10.3 Å². The standard InChI is InChI=1S/C17H13ClN4O/c1-21-13-8-7-10(18)9-12(13)15-14(17(21)23)16(19)22(20-15)11-5-3-2-4-6-11/h2-9H,19H2,1H3. The molecule has 0 unspecified atom stereocenters. The zero-order valence-electron chi connectivity index (χ0n) is 12.3. The summed E-state index contributed by atoms with van der Waals surface area (Å²) in [6, 6.07) is 14.9. The molecule has 0 spiro atoms. The summed E-state index contributed by atoms with van der Waals surface area (Å²) in [7, 11) is 1.72. The second kappa shape index (κ2) is 4.86. The van der Waals surface area contributed by atoms with Gasteiger partial charge in [-0.1, -0.05) is 29.8 Å². The number of pyridine rings is 1. The summed E-state index contributed by atoms with van der Waals surface area (Å²) in [5, 5.41) is 6.37. The lowest BCUT2D eigenvalue weighted by atomic mass is 10.1. The molecule has 0 saturated heterocycles. The largest absolute Gasteiger partial charge is 0.383 e. The first-order valence-corrected chi connectivity index (χ1v) is 7.47. The number of aryl methyl sites for hydroxylation is 1. The Bertz CT molecular complexity index is 1110.